The molecule has 1 aromatic heterocycles. The Morgan fingerprint density at radius 3 is 3.15 bits per heavy atom. The normalized spacial score (nSPS) is 26.1. The van der Waals surface area contributed by atoms with Gasteiger partial charge in [-0.25, -0.2) is 0 Å². The molecule has 6 nitrogen and oxygen atoms in total. The summed E-state index contributed by atoms with van der Waals surface area (Å²) < 4.78 is 5.84. The average Bonchev–Trinajstić information content (AvgIpc) is 2.91. The lowest BCUT2D eigenvalue weighted by Gasteiger charge is -2.33. The minimum Gasteiger partial charge on any atom is -0.370 e. The largest absolute Gasteiger partial charge is 0.370 e. The molecular formula is C13H16N4O2S. The Bertz CT molecular complexity index is 637. The number of hydrogen-bond acceptors (Lipinski definition) is 6. The number of hydrogen-bond donors (Lipinski definition) is 1. The number of anilines is 1. The zero-order valence-electron chi connectivity index (χ0n) is 11.6. The maximum Gasteiger partial charge on any atom is 0.265 e. The predicted molar refractivity (Wildman–Crippen MR) is 76.7 cm³/mol. The second-order valence-electron chi connectivity index (χ2n) is 5.97. The number of nitrogens with zero attached hydrogens (tertiary/aromatic N) is 3. The minimum absolute atomic E-state index is 0.0343. The number of carbonyl (C=O) groups excluding carboxylic acids is 1. The fraction of sp³-hybridized carbons (Fsp3) is 0.538. The zero-order chi connectivity index (χ0) is 14.1. The molecule has 0 fully saturated rings. The van der Waals surface area contributed by atoms with E-state index in [2.05, 4.69) is 24.3 Å². The van der Waals surface area contributed by atoms with Crippen molar-refractivity contribution >= 4 is 28.6 Å². The molecule has 0 spiro atoms. The lowest BCUT2D eigenvalue weighted by Crippen LogP contribution is -2.50. The van der Waals surface area contributed by atoms with Gasteiger partial charge in [0.15, 0.2) is 0 Å². The highest BCUT2D eigenvalue weighted by molar-refractivity contribution is 7.16. The van der Waals surface area contributed by atoms with Crippen molar-refractivity contribution in [3.8, 4) is 0 Å². The zero-order valence-corrected chi connectivity index (χ0v) is 12.5. The molecule has 0 radical (unpaired) electrons. The van der Waals surface area contributed by atoms with Crippen LogP contribution in [-0.2, 0) is 17.8 Å². The summed E-state index contributed by atoms with van der Waals surface area (Å²) in [7, 11) is 1.85. The fourth-order valence-electron chi connectivity index (χ4n) is 2.90. The molecule has 7 heteroatoms. The summed E-state index contributed by atoms with van der Waals surface area (Å²) >= 11 is 1.63. The van der Waals surface area contributed by atoms with Gasteiger partial charge < -0.3 is 10.1 Å². The van der Waals surface area contributed by atoms with Crippen LogP contribution in [0.25, 0.3) is 0 Å². The van der Waals surface area contributed by atoms with Gasteiger partial charge in [0.1, 0.15) is 11.3 Å². The third-order valence-corrected chi connectivity index (χ3v) is 5.11. The molecule has 0 aromatic carbocycles. The lowest BCUT2D eigenvalue weighted by atomic mass is 9.92. The van der Waals surface area contributed by atoms with Crippen LogP contribution in [0.15, 0.2) is 5.10 Å². The Hall–Kier alpha value is -1.60. The number of thiophene rings is 1. The molecule has 0 bridgehead atoms. The first-order valence-corrected chi connectivity index (χ1v) is 7.42. The molecule has 106 valence electrons. The molecule has 0 aliphatic carbocycles. The van der Waals surface area contributed by atoms with Crippen molar-refractivity contribution < 1.29 is 9.53 Å². The Kier molecular flexibility index (Phi) is 2.27. The van der Waals surface area contributed by atoms with Crippen LogP contribution in [0, 0.1) is 0 Å². The van der Waals surface area contributed by atoms with E-state index >= 15 is 0 Å². The highest BCUT2D eigenvalue weighted by Crippen LogP contribution is 2.43. The van der Waals surface area contributed by atoms with Crippen LogP contribution < -0.4 is 5.32 Å². The van der Waals surface area contributed by atoms with Gasteiger partial charge in [0.2, 0.25) is 6.29 Å². The maximum atomic E-state index is 12.7. The van der Waals surface area contributed by atoms with E-state index in [1.54, 1.807) is 27.6 Å². The third-order valence-electron chi connectivity index (χ3n) is 3.97. The van der Waals surface area contributed by atoms with Crippen molar-refractivity contribution in [2.24, 2.45) is 5.10 Å². The standard InChI is InChI=1S/C13H16N4O2S/c1-13(2)4-7-8(5-19-13)20-10-9(7)11(18)17-6-14-16(3)12(17)15-10/h6,12,15H,4-5H2,1-3H3. The van der Waals surface area contributed by atoms with Gasteiger partial charge in [-0.1, -0.05) is 0 Å². The molecule has 0 saturated heterocycles. The fourth-order valence-corrected chi connectivity index (χ4v) is 4.04. The van der Waals surface area contributed by atoms with Crippen molar-refractivity contribution in [3.05, 3.63) is 16.0 Å². The topological polar surface area (TPSA) is 57.2 Å². The number of rotatable bonds is 0. The van der Waals surface area contributed by atoms with Crippen LogP contribution in [0.3, 0.4) is 0 Å². The monoisotopic (exact) mass is 292 g/mol. The molecule has 4 rings (SSSR count). The first kappa shape index (κ1) is 12.2. The van der Waals surface area contributed by atoms with Gasteiger partial charge in [0.05, 0.1) is 17.8 Å². The Morgan fingerprint density at radius 2 is 2.35 bits per heavy atom. The summed E-state index contributed by atoms with van der Waals surface area (Å²) in [6.45, 7) is 4.72. The molecule has 3 aliphatic rings. The van der Waals surface area contributed by atoms with E-state index in [-0.39, 0.29) is 17.8 Å². The van der Waals surface area contributed by atoms with Crippen molar-refractivity contribution in [1.82, 2.24) is 9.91 Å². The van der Waals surface area contributed by atoms with E-state index in [1.807, 2.05) is 7.05 Å². The van der Waals surface area contributed by atoms with Gasteiger partial charge in [-0.3, -0.25) is 14.7 Å². The molecule has 1 aromatic rings. The van der Waals surface area contributed by atoms with Gasteiger partial charge in [-0.05, 0) is 19.4 Å². The van der Waals surface area contributed by atoms with Gasteiger partial charge >= 0.3 is 0 Å². The molecule has 3 aliphatic heterocycles. The van der Waals surface area contributed by atoms with Crippen LogP contribution in [-0.4, -0.2) is 41.1 Å². The first-order valence-electron chi connectivity index (χ1n) is 6.61. The van der Waals surface area contributed by atoms with E-state index in [0.717, 1.165) is 27.4 Å². The molecule has 1 N–H and O–H groups in total. The van der Waals surface area contributed by atoms with Crippen molar-refractivity contribution in [2.75, 3.05) is 12.4 Å². The van der Waals surface area contributed by atoms with Crippen LogP contribution in [0.5, 0.6) is 0 Å². The van der Waals surface area contributed by atoms with E-state index in [0.29, 0.717) is 6.61 Å². The second kappa shape index (κ2) is 3.73. The second-order valence-corrected chi connectivity index (χ2v) is 7.07. The van der Waals surface area contributed by atoms with Gasteiger partial charge in [0, 0.05) is 18.3 Å². The number of amides is 1. The summed E-state index contributed by atoms with van der Waals surface area (Å²) in [6.07, 6.45) is 2.16. The third kappa shape index (κ3) is 1.53. The summed E-state index contributed by atoms with van der Waals surface area (Å²) in [5.41, 5.74) is 1.73. The van der Waals surface area contributed by atoms with E-state index in [1.165, 1.54) is 0 Å². The van der Waals surface area contributed by atoms with Gasteiger partial charge in [-0.15, -0.1) is 11.3 Å². The number of nitrogens with one attached hydrogen (secondary N) is 1. The Balaban J connectivity index is 1.81. The number of hydrazone groups is 1. The van der Waals surface area contributed by atoms with Crippen LogP contribution in [0.2, 0.25) is 0 Å². The molecule has 1 amide bonds. The SMILES string of the molecule is CN1N=CN2C(=O)c3c(sc4c3CC(C)(C)OC4)NC12. The average molecular weight is 292 g/mol. The lowest BCUT2D eigenvalue weighted by molar-refractivity contribution is -0.0384. The van der Waals surface area contributed by atoms with E-state index < -0.39 is 0 Å². The number of ether oxygens (including phenoxy) is 1. The molecule has 20 heavy (non-hydrogen) atoms. The van der Waals surface area contributed by atoms with Crippen LogP contribution in [0.1, 0.15) is 34.6 Å². The van der Waals surface area contributed by atoms with Crippen LogP contribution in [0.4, 0.5) is 5.00 Å². The Labute approximate surface area is 121 Å². The molecular weight excluding hydrogens is 276 g/mol. The summed E-state index contributed by atoms with van der Waals surface area (Å²) in [5, 5.41) is 10.3. The predicted octanol–water partition coefficient (Wildman–Crippen LogP) is 1.64. The maximum absolute atomic E-state index is 12.7. The smallest absolute Gasteiger partial charge is 0.265 e. The van der Waals surface area contributed by atoms with E-state index in [9.17, 15) is 4.79 Å². The summed E-state index contributed by atoms with van der Waals surface area (Å²) in [6, 6.07) is 0. The first-order chi connectivity index (χ1) is 9.46. The van der Waals surface area contributed by atoms with Gasteiger partial charge in [0.25, 0.3) is 5.91 Å². The summed E-state index contributed by atoms with van der Waals surface area (Å²) in [5.74, 6) is 0.0343. The van der Waals surface area contributed by atoms with Crippen molar-refractivity contribution in [3.63, 3.8) is 0 Å². The molecule has 4 heterocycles. The summed E-state index contributed by atoms with van der Waals surface area (Å²) in [4.78, 5) is 15.5. The minimum atomic E-state index is -0.213. The highest BCUT2D eigenvalue weighted by atomic mass is 32.1. The Morgan fingerprint density at radius 1 is 1.55 bits per heavy atom. The molecule has 0 saturated carbocycles. The molecule has 1 unspecified atom stereocenters. The number of carbonyl (C=O) groups is 1. The van der Waals surface area contributed by atoms with E-state index in [4.69, 9.17) is 4.74 Å². The van der Waals surface area contributed by atoms with Crippen molar-refractivity contribution in [2.45, 2.75) is 38.8 Å². The van der Waals surface area contributed by atoms with Gasteiger partial charge in [-0.2, -0.15) is 5.10 Å². The molecule has 1 atom stereocenters. The quantitative estimate of drug-likeness (QED) is 0.790. The van der Waals surface area contributed by atoms with Crippen LogP contribution >= 0.6 is 11.3 Å². The number of fused-ring (bicyclic) bond motifs is 4. The highest BCUT2D eigenvalue weighted by Gasteiger charge is 2.42. The van der Waals surface area contributed by atoms with Crippen molar-refractivity contribution in [1.29, 1.82) is 0 Å².